The van der Waals surface area contributed by atoms with Crippen LogP contribution in [0, 0.1) is 6.92 Å². The van der Waals surface area contributed by atoms with Gasteiger partial charge in [0, 0.05) is 44.3 Å². The third-order valence-corrected chi connectivity index (χ3v) is 6.27. The summed E-state index contributed by atoms with van der Waals surface area (Å²) < 4.78 is 26.6. The number of aromatic nitrogens is 1. The van der Waals surface area contributed by atoms with Gasteiger partial charge in [-0.3, -0.25) is 14.7 Å². The SMILES string of the molecule is Cc1ccccc1NC(=O)CN1CCN(S(=O)(=O)c2cccnc2)CC1. The average molecular weight is 374 g/mol. The predicted molar refractivity (Wildman–Crippen MR) is 99.2 cm³/mol. The number of benzene rings is 1. The Morgan fingerprint density at radius 2 is 1.85 bits per heavy atom. The van der Waals surface area contributed by atoms with E-state index in [9.17, 15) is 13.2 Å². The Kier molecular flexibility index (Phi) is 5.65. The molecule has 1 amide bonds. The van der Waals surface area contributed by atoms with Gasteiger partial charge in [-0.1, -0.05) is 18.2 Å². The molecule has 0 radical (unpaired) electrons. The summed E-state index contributed by atoms with van der Waals surface area (Å²) in [6.45, 7) is 3.93. The molecule has 8 heteroatoms. The quantitative estimate of drug-likeness (QED) is 0.854. The van der Waals surface area contributed by atoms with Crippen molar-refractivity contribution in [1.82, 2.24) is 14.2 Å². The van der Waals surface area contributed by atoms with Gasteiger partial charge in [-0.05, 0) is 30.7 Å². The molecule has 1 saturated heterocycles. The van der Waals surface area contributed by atoms with Crippen LogP contribution in [0.1, 0.15) is 5.56 Å². The fourth-order valence-corrected chi connectivity index (χ4v) is 4.27. The summed E-state index contributed by atoms with van der Waals surface area (Å²) >= 11 is 0. The van der Waals surface area contributed by atoms with E-state index < -0.39 is 10.0 Å². The number of piperazine rings is 1. The largest absolute Gasteiger partial charge is 0.325 e. The van der Waals surface area contributed by atoms with Crippen LogP contribution in [0.25, 0.3) is 0 Å². The number of pyridine rings is 1. The number of aryl methyl sites for hydroxylation is 1. The minimum Gasteiger partial charge on any atom is -0.325 e. The van der Waals surface area contributed by atoms with Gasteiger partial charge in [0.2, 0.25) is 15.9 Å². The van der Waals surface area contributed by atoms with Gasteiger partial charge in [-0.25, -0.2) is 8.42 Å². The lowest BCUT2D eigenvalue weighted by Crippen LogP contribution is -2.50. The number of hydrogen-bond acceptors (Lipinski definition) is 5. The first-order chi connectivity index (χ1) is 12.5. The highest BCUT2D eigenvalue weighted by Crippen LogP contribution is 2.17. The van der Waals surface area contributed by atoms with E-state index >= 15 is 0 Å². The Morgan fingerprint density at radius 3 is 2.50 bits per heavy atom. The molecule has 1 aliphatic rings. The Labute approximate surface area is 153 Å². The molecule has 0 saturated carbocycles. The molecular formula is C18H22N4O3S. The Hall–Kier alpha value is -2.29. The zero-order chi connectivity index (χ0) is 18.6. The molecular weight excluding hydrogens is 352 g/mol. The molecule has 0 bridgehead atoms. The van der Waals surface area contributed by atoms with Crippen molar-refractivity contribution < 1.29 is 13.2 Å². The van der Waals surface area contributed by atoms with Gasteiger partial charge in [-0.15, -0.1) is 0 Å². The Balaban J connectivity index is 1.54. The molecule has 1 aromatic carbocycles. The number of hydrogen-bond donors (Lipinski definition) is 1. The van der Waals surface area contributed by atoms with E-state index in [0.29, 0.717) is 26.2 Å². The van der Waals surface area contributed by atoms with Crippen molar-refractivity contribution >= 4 is 21.6 Å². The van der Waals surface area contributed by atoms with E-state index in [1.54, 1.807) is 18.3 Å². The molecule has 2 aromatic rings. The van der Waals surface area contributed by atoms with Gasteiger partial charge in [-0.2, -0.15) is 4.31 Å². The van der Waals surface area contributed by atoms with Crippen molar-refractivity contribution in [3.8, 4) is 0 Å². The van der Waals surface area contributed by atoms with Crippen LogP contribution in [0.2, 0.25) is 0 Å². The molecule has 0 spiro atoms. The molecule has 26 heavy (non-hydrogen) atoms. The summed E-state index contributed by atoms with van der Waals surface area (Å²) in [7, 11) is -3.52. The van der Waals surface area contributed by atoms with Crippen molar-refractivity contribution in [3.05, 3.63) is 54.4 Å². The monoisotopic (exact) mass is 374 g/mol. The van der Waals surface area contributed by atoms with Crippen molar-refractivity contribution in [2.45, 2.75) is 11.8 Å². The predicted octanol–water partition coefficient (Wildman–Crippen LogP) is 1.34. The second kappa shape index (κ2) is 7.94. The first kappa shape index (κ1) is 18.5. The Morgan fingerprint density at radius 1 is 1.12 bits per heavy atom. The molecule has 1 fully saturated rings. The minimum atomic E-state index is -3.52. The summed E-state index contributed by atoms with van der Waals surface area (Å²) in [6, 6.07) is 10.8. The number of anilines is 1. The van der Waals surface area contributed by atoms with Gasteiger partial charge in [0.05, 0.1) is 6.54 Å². The third-order valence-electron chi connectivity index (χ3n) is 4.39. The topological polar surface area (TPSA) is 82.6 Å². The molecule has 0 atom stereocenters. The minimum absolute atomic E-state index is 0.0946. The van der Waals surface area contributed by atoms with Crippen LogP contribution in [-0.2, 0) is 14.8 Å². The van der Waals surface area contributed by atoms with Gasteiger partial charge in [0.1, 0.15) is 4.90 Å². The maximum atomic E-state index is 12.6. The zero-order valence-corrected chi connectivity index (χ0v) is 15.4. The molecule has 1 aliphatic heterocycles. The molecule has 1 N–H and O–H groups in total. The summed E-state index contributed by atoms with van der Waals surface area (Å²) in [5.41, 5.74) is 1.81. The molecule has 138 valence electrons. The maximum Gasteiger partial charge on any atom is 0.244 e. The smallest absolute Gasteiger partial charge is 0.244 e. The fraction of sp³-hybridized carbons (Fsp3) is 0.333. The van der Waals surface area contributed by atoms with E-state index in [1.807, 2.05) is 36.1 Å². The van der Waals surface area contributed by atoms with Crippen LogP contribution in [0.4, 0.5) is 5.69 Å². The number of rotatable bonds is 5. The van der Waals surface area contributed by atoms with Crippen molar-refractivity contribution in [3.63, 3.8) is 0 Å². The first-order valence-electron chi connectivity index (χ1n) is 8.45. The van der Waals surface area contributed by atoms with Gasteiger partial charge in [0.25, 0.3) is 0 Å². The number of carbonyl (C=O) groups excluding carboxylic acids is 1. The number of carbonyl (C=O) groups is 1. The number of nitrogens with one attached hydrogen (secondary N) is 1. The summed E-state index contributed by atoms with van der Waals surface area (Å²) in [5, 5.41) is 2.90. The van der Waals surface area contributed by atoms with Gasteiger partial charge >= 0.3 is 0 Å². The summed E-state index contributed by atoms with van der Waals surface area (Å²) in [6.07, 6.45) is 2.90. The molecule has 1 aromatic heterocycles. The fourth-order valence-electron chi connectivity index (χ4n) is 2.88. The number of sulfonamides is 1. The van der Waals surface area contributed by atoms with E-state index in [-0.39, 0.29) is 17.3 Å². The summed E-state index contributed by atoms with van der Waals surface area (Å²) in [4.78, 5) is 18.3. The van der Waals surface area contributed by atoms with Crippen molar-refractivity contribution in [1.29, 1.82) is 0 Å². The number of para-hydroxylation sites is 1. The van der Waals surface area contributed by atoms with Crippen molar-refractivity contribution in [2.75, 3.05) is 38.0 Å². The second-order valence-electron chi connectivity index (χ2n) is 6.23. The van der Waals surface area contributed by atoms with Crippen LogP contribution in [0.5, 0.6) is 0 Å². The molecule has 0 unspecified atom stereocenters. The average Bonchev–Trinajstić information content (AvgIpc) is 2.65. The van der Waals surface area contributed by atoms with Crippen molar-refractivity contribution in [2.24, 2.45) is 0 Å². The normalized spacial score (nSPS) is 16.3. The first-order valence-corrected chi connectivity index (χ1v) is 9.89. The summed E-state index contributed by atoms with van der Waals surface area (Å²) in [5.74, 6) is -0.0946. The van der Waals surface area contributed by atoms with Gasteiger partial charge < -0.3 is 5.32 Å². The lowest BCUT2D eigenvalue weighted by Gasteiger charge is -2.33. The maximum absolute atomic E-state index is 12.6. The molecule has 3 rings (SSSR count). The van der Waals surface area contributed by atoms with Crippen LogP contribution >= 0.6 is 0 Å². The standard InChI is InChI=1S/C18H22N4O3S/c1-15-5-2-3-7-17(15)20-18(23)14-21-9-11-22(12-10-21)26(24,25)16-6-4-8-19-13-16/h2-8,13H,9-12,14H2,1H3,(H,20,23). The highest BCUT2D eigenvalue weighted by Gasteiger charge is 2.29. The third kappa shape index (κ3) is 4.27. The number of nitrogens with zero attached hydrogens (tertiary/aromatic N) is 3. The highest BCUT2D eigenvalue weighted by atomic mass is 32.2. The van der Waals surface area contributed by atoms with E-state index in [2.05, 4.69) is 10.3 Å². The zero-order valence-electron chi connectivity index (χ0n) is 14.6. The lowest BCUT2D eigenvalue weighted by atomic mass is 10.2. The van der Waals surface area contributed by atoms with Gasteiger partial charge in [0.15, 0.2) is 0 Å². The van der Waals surface area contributed by atoms with Crippen LogP contribution in [0.3, 0.4) is 0 Å². The van der Waals surface area contributed by atoms with Crippen LogP contribution in [0.15, 0.2) is 53.7 Å². The molecule has 7 nitrogen and oxygen atoms in total. The molecule has 2 heterocycles. The van der Waals surface area contributed by atoms with E-state index in [0.717, 1.165) is 11.3 Å². The second-order valence-corrected chi connectivity index (χ2v) is 8.17. The van der Waals surface area contributed by atoms with Crippen LogP contribution < -0.4 is 5.32 Å². The van der Waals surface area contributed by atoms with E-state index in [1.165, 1.54) is 10.5 Å². The number of amides is 1. The van der Waals surface area contributed by atoms with Crippen LogP contribution in [-0.4, -0.2) is 61.2 Å². The van der Waals surface area contributed by atoms with E-state index in [4.69, 9.17) is 0 Å². The lowest BCUT2D eigenvalue weighted by molar-refractivity contribution is -0.117. The highest BCUT2D eigenvalue weighted by molar-refractivity contribution is 7.89. The Bertz CT molecular complexity index is 863. The molecule has 0 aliphatic carbocycles.